The highest BCUT2D eigenvalue weighted by molar-refractivity contribution is 7.80. The summed E-state index contributed by atoms with van der Waals surface area (Å²) in [7, 11) is 0. The number of benzene rings is 2. The van der Waals surface area contributed by atoms with Crippen LogP contribution in [0.25, 0.3) is 16.3 Å². The molecule has 0 aliphatic carbocycles. The molecule has 0 unspecified atom stereocenters. The topological polar surface area (TPSA) is 54.0 Å². The minimum atomic E-state index is -0.283. The number of amides is 1. The van der Waals surface area contributed by atoms with Gasteiger partial charge in [0.2, 0.25) is 5.91 Å². The first-order valence-corrected chi connectivity index (χ1v) is 8.97. The van der Waals surface area contributed by atoms with Crippen LogP contribution in [0.2, 0.25) is 0 Å². The molecule has 0 aliphatic heterocycles. The average Bonchev–Trinajstić information content (AvgIpc) is 3.02. The Balaban J connectivity index is 1.64. The lowest BCUT2D eigenvalue weighted by atomic mass is 10.1. The number of hydrogen-bond acceptors (Lipinski definition) is 4. The number of carbonyl (C=O) groups excluding carboxylic acids is 1. The molecule has 0 saturated carbocycles. The van der Waals surface area contributed by atoms with Gasteiger partial charge in [-0.15, -0.1) is 0 Å². The Labute approximate surface area is 155 Å². The number of carbonyl (C=O) groups is 1. The monoisotopic (exact) mass is 367 g/mol. The largest absolute Gasteiger partial charge is 0.308 e. The number of anilines is 1. The Morgan fingerprint density at radius 2 is 1.84 bits per heavy atom. The number of aryl methyl sites for hydroxylation is 2. The van der Waals surface area contributed by atoms with Crippen LogP contribution in [-0.2, 0) is 4.79 Å². The van der Waals surface area contributed by atoms with Crippen LogP contribution in [-0.4, -0.2) is 16.0 Å². The molecule has 0 bridgehead atoms. The van der Waals surface area contributed by atoms with Crippen molar-refractivity contribution in [3.05, 3.63) is 65.2 Å². The number of aromatic nitrogens is 1. The van der Waals surface area contributed by atoms with Crippen molar-refractivity contribution in [2.45, 2.75) is 13.8 Å². The molecule has 0 atom stereocenters. The number of fused-ring (bicyclic) bond motifs is 1. The number of thiocarbonyl (C=S) groups is 1. The maximum absolute atomic E-state index is 12.0. The Kier molecular flexibility index (Phi) is 5.21. The van der Waals surface area contributed by atoms with Gasteiger partial charge in [0.1, 0.15) is 0 Å². The zero-order valence-electron chi connectivity index (χ0n) is 13.9. The molecule has 0 radical (unpaired) electrons. The number of thiazole rings is 1. The van der Waals surface area contributed by atoms with E-state index in [0.717, 1.165) is 21.3 Å². The summed E-state index contributed by atoms with van der Waals surface area (Å²) in [4.78, 5) is 16.5. The van der Waals surface area contributed by atoms with Crippen molar-refractivity contribution in [3.63, 3.8) is 0 Å². The molecule has 0 fully saturated rings. The quantitative estimate of drug-likeness (QED) is 0.531. The van der Waals surface area contributed by atoms with Crippen LogP contribution >= 0.6 is 23.6 Å². The summed E-state index contributed by atoms with van der Waals surface area (Å²) >= 11 is 6.73. The van der Waals surface area contributed by atoms with Gasteiger partial charge >= 0.3 is 0 Å². The van der Waals surface area contributed by atoms with Gasteiger partial charge in [-0.05, 0) is 48.8 Å². The van der Waals surface area contributed by atoms with Crippen LogP contribution < -0.4 is 10.6 Å². The molecule has 0 saturated heterocycles. The van der Waals surface area contributed by atoms with E-state index in [4.69, 9.17) is 12.2 Å². The zero-order chi connectivity index (χ0) is 17.8. The summed E-state index contributed by atoms with van der Waals surface area (Å²) in [6.07, 6.45) is 3.19. The van der Waals surface area contributed by atoms with Crippen molar-refractivity contribution < 1.29 is 4.79 Å². The van der Waals surface area contributed by atoms with Gasteiger partial charge in [0, 0.05) is 6.08 Å². The Bertz CT molecular complexity index is 922. The summed E-state index contributed by atoms with van der Waals surface area (Å²) < 4.78 is 1.13. The van der Waals surface area contributed by atoms with E-state index >= 15 is 0 Å². The molecular weight excluding hydrogens is 350 g/mol. The van der Waals surface area contributed by atoms with Crippen molar-refractivity contribution >= 4 is 56.0 Å². The van der Waals surface area contributed by atoms with Gasteiger partial charge in [-0.25, -0.2) is 4.98 Å². The smallest absolute Gasteiger partial charge is 0.250 e. The summed E-state index contributed by atoms with van der Waals surface area (Å²) in [5.74, 6) is -0.283. The third kappa shape index (κ3) is 4.29. The average molecular weight is 367 g/mol. The van der Waals surface area contributed by atoms with Crippen LogP contribution in [0, 0.1) is 13.8 Å². The van der Waals surface area contributed by atoms with Crippen molar-refractivity contribution in [3.8, 4) is 0 Å². The normalized spacial score (nSPS) is 11.0. The van der Waals surface area contributed by atoms with E-state index in [2.05, 4.69) is 34.7 Å². The fourth-order valence-electron chi connectivity index (χ4n) is 2.33. The van der Waals surface area contributed by atoms with E-state index in [1.165, 1.54) is 23.0 Å². The fraction of sp³-hybridized carbons (Fsp3) is 0.105. The highest BCUT2D eigenvalue weighted by atomic mass is 32.1. The van der Waals surface area contributed by atoms with Gasteiger partial charge < -0.3 is 5.32 Å². The second-order valence-corrected chi connectivity index (χ2v) is 6.99. The SMILES string of the molecule is Cc1ccc(C)c2sc(NC(=S)NC(=O)/C=C/c3ccccc3)nc12. The molecular formula is C19H17N3OS2. The first kappa shape index (κ1) is 17.3. The highest BCUT2D eigenvalue weighted by Crippen LogP contribution is 2.30. The van der Waals surface area contributed by atoms with Crippen molar-refractivity contribution in [1.82, 2.24) is 10.3 Å². The number of hydrogen-bond donors (Lipinski definition) is 2. The number of nitrogens with zero attached hydrogens (tertiary/aromatic N) is 1. The van der Waals surface area contributed by atoms with Crippen molar-refractivity contribution in [2.75, 3.05) is 5.32 Å². The van der Waals surface area contributed by atoms with Crippen LogP contribution in [0.5, 0.6) is 0 Å². The zero-order valence-corrected chi connectivity index (χ0v) is 15.5. The molecule has 4 nitrogen and oxygen atoms in total. The van der Waals surface area contributed by atoms with Gasteiger partial charge in [0.15, 0.2) is 10.2 Å². The van der Waals surface area contributed by atoms with Crippen LogP contribution in [0.1, 0.15) is 16.7 Å². The highest BCUT2D eigenvalue weighted by Gasteiger charge is 2.10. The summed E-state index contributed by atoms with van der Waals surface area (Å²) in [5, 5.41) is 6.53. The molecule has 1 aromatic heterocycles. The van der Waals surface area contributed by atoms with Crippen molar-refractivity contribution in [1.29, 1.82) is 0 Å². The van der Waals surface area contributed by atoms with Gasteiger partial charge in [-0.3, -0.25) is 10.1 Å². The number of nitrogens with one attached hydrogen (secondary N) is 2. The Morgan fingerprint density at radius 1 is 1.12 bits per heavy atom. The number of rotatable bonds is 3. The molecule has 0 spiro atoms. The lowest BCUT2D eigenvalue weighted by Crippen LogP contribution is -2.32. The van der Waals surface area contributed by atoms with E-state index in [9.17, 15) is 4.79 Å². The minimum Gasteiger partial charge on any atom is -0.308 e. The predicted molar refractivity (Wildman–Crippen MR) is 109 cm³/mol. The summed E-state index contributed by atoms with van der Waals surface area (Å²) in [6.45, 7) is 4.08. The summed E-state index contributed by atoms with van der Waals surface area (Å²) in [5.41, 5.74) is 4.21. The van der Waals surface area contributed by atoms with E-state index in [0.29, 0.717) is 5.13 Å². The molecule has 25 heavy (non-hydrogen) atoms. The molecule has 3 aromatic rings. The van der Waals surface area contributed by atoms with E-state index < -0.39 is 0 Å². The predicted octanol–water partition coefficient (Wildman–Crippen LogP) is 4.44. The molecule has 126 valence electrons. The van der Waals surface area contributed by atoms with Gasteiger partial charge in [0.25, 0.3) is 0 Å². The van der Waals surface area contributed by atoms with Crippen molar-refractivity contribution in [2.24, 2.45) is 0 Å². The fourth-order valence-corrected chi connectivity index (χ4v) is 3.61. The third-order valence-electron chi connectivity index (χ3n) is 3.63. The molecule has 3 rings (SSSR count). The minimum absolute atomic E-state index is 0.233. The standard InChI is InChI=1S/C19H17N3OS2/c1-12-8-9-13(2)17-16(12)21-19(25-17)22-18(24)20-15(23)11-10-14-6-4-3-5-7-14/h3-11H,1-2H3,(H2,20,21,22,23,24)/b11-10+. The molecule has 2 aromatic carbocycles. The van der Waals surface area contributed by atoms with Crippen LogP contribution in [0.15, 0.2) is 48.5 Å². The van der Waals surface area contributed by atoms with Gasteiger partial charge in [0.05, 0.1) is 10.2 Å². The lowest BCUT2D eigenvalue weighted by Gasteiger charge is -2.04. The first-order valence-electron chi connectivity index (χ1n) is 7.75. The van der Waals surface area contributed by atoms with Gasteiger partial charge in [-0.1, -0.05) is 53.8 Å². The second kappa shape index (κ2) is 7.55. The van der Waals surface area contributed by atoms with Crippen LogP contribution in [0.4, 0.5) is 5.13 Å². The summed E-state index contributed by atoms with van der Waals surface area (Å²) in [6, 6.07) is 13.7. The Morgan fingerprint density at radius 3 is 2.56 bits per heavy atom. The van der Waals surface area contributed by atoms with E-state index in [1.807, 2.05) is 37.3 Å². The molecule has 6 heteroatoms. The molecule has 1 amide bonds. The van der Waals surface area contributed by atoms with Crippen LogP contribution in [0.3, 0.4) is 0 Å². The first-order chi connectivity index (χ1) is 12.0. The van der Waals surface area contributed by atoms with E-state index in [-0.39, 0.29) is 11.0 Å². The maximum atomic E-state index is 12.0. The molecule has 2 N–H and O–H groups in total. The molecule has 1 heterocycles. The second-order valence-electron chi connectivity index (χ2n) is 5.58. The lowest BCUT2D eigenvalue weighted by molar-refractivity contribution is -0.115. The third-order valence-corrected chi connectivity index (χ3v) is 4.94. The maximum Gasteiger partial charge on any atom is 0.250 e. The Hall–Kier alpha value is -2.57. The van der Waals surface area contributed by atoms with E-state index in [1.54, 1.807) is 6.08 Å². The van der Waals surface area contributed by atoms with Gasteiger partial charge in [-0.2, -0.15) is 0 Å². The molecule has 0 aliphatic rings.